The normalized spacial score (nSPS) is 12.1. The topological polar surface area (TPSA) is 49.4 Å². The molecule has 0 heterocycles. The van der Waals surface area contributed by atoms with Crippen molar-refractivity contribution in [1.82, 2.24) is 4.31 Å². The van der Waals surface area contributed by atoms with E-state index in [1.165, 1.54) is 4.31 Å². The van der Waals surface area contributed by atoms with E-state index in [9.17, 15) is 8.42 Å². The van der Waals surface area contributed by atoms with Crippen LogP contribution in [0.5, 0.6) is 0 Å². The van der Waals surface area contributed by atoms with Gasteiger partial charge in [-0.25, -0.2) is 12.7 Å². The number of nitrogens with zero attached hydrogens (tertiary/aromatic N) is 1. The number of hydrogen-bond donors (Lipinski definition) is 1. The zero-order valence-electron chi connectivity index (χ0n) is 12.2. The Morgan fingerprint density at radius 3 is 2.26 bits per heavy atom. The lowest BCUT2D eigenvalue weighted by Crippen LogP contribution is -2.28. The molecule has 108 valence electrons. The van der Waals surface area contributed by atoms with Crippen LogP contribution in [0.1, 0.15) is 27.2 Å². The van der Waals surface area contributed by atoms with Gasteiger partial charge in [-0.3, -0.25) is 0 Å². The summed E-state index contributed by atoms with van der Waals surface area (Å²) < 4.78 is 26.1. The van der Waals surface area contributed by atoms with E-state index in [-0.39, 0.29) is 0 Å². The minimum absolute atomic E-state index is 0.348. The van der Waals surface area contributed by atoms with Gasteiger partial charge in [-0.1, -0.05) is 13.8 Å². The molecule has 0 saturated carbocycles. The lowest BCUT2D eigenvalue weighted by atomic mass is 10.1. The molecule has 1 aromatic carbocycles. The Labute approximate surface area is 116 Å². The van der Waals surface area contributed by atoms with Gasteiger partial charge in [0.05, 0.1) is 4.90 Å². The van der Waals surface area contributed by atoms with Gasteiger partial charge in [0.25, 0.3) is 0 Å². The van der Waals surface area contributed by atoms with Crippen molar-refractivity contribution in [2.24, 2.45) is 5.92 Å². The molecule has 1 aromatic rings. The average Bonchev–Trinajstić information content (AvgIpc) is 2.36. The first kappa shape index (κ1) is 16.0. The summed E-state index contributed by atoms with van der Waals surface area (Å²) in [5.74, 6) is 0.494. The zero-order chi connectivity index (χ0) is 14.5. The molecule has 0 bridgehead atoms. The fourth-order valence-electron chi connectivity index (χ4n) is 1.69. The average molecular weight is 284 g/mol. The quantitative estimate of drug-likeness (QED) is 0.837. The third-order valence-corrected chi connectivity index (χ3v) is 4.84. The Kier molecular flexibility index (Phi) is 5.82. The van der Waals surface area contributed by atoms with Crippen LogP contribution < -0.4 is 5.32 Å². The first-order chi connectivity index (χ1) is 8.87. The monoisotopic (exact) mass is 284 g/mol. The maximum Gasteiger partial charge on any atom is 0.242 e. The van der Waals surface area contributed by atoms with E-state index in [2.05, 4.69) is 19.2 Å². The van der Waals surface area contributed by atoms with Crippen molar-refractivity contribution in [1.29, 1.82) is 0 Å². The predicted octanol–water partition coefficient (Wildman–Crippen LogP) is 2.79. The van der Waals surface area contributed by atoms with E-state index in [0.717, 1.165) is 18.7 Å². The van der Waals surface area contributed by atoms with E-state index in [4.69, 9.17) is 0 Å². The molecule has 4 nitrogen and oxygen atoms in total. The summed E-state index contributed by atoms with van der Waals surface area (Å²) in [5, 5.41) is 3.15. The molecule has 0 saturated heterocycles. The first-order valence-electron chi connectivity index (χ1n) is 6.68. The van der Waals surface area contributed by atoms with E-state index < -0.39 is 10.0 Å². The van der Waals surface area contributed by atoms with Crippen LogP contribution in [0.3, 0.4) is 0 Å². The standard InChI is InChI=1S/C14H24N2O2S/c1-5-15-13-6-8-14(9-7-13)19(17,18)16(4)11-10-12(2)3/h6-9,12,15H,5,10-11H2,1-4H3. The Morgan fingerprint density at radius 1 is 1.21 bits per heavy atom. The fourth-order valence-corrected chi connectivity index (χ4v) is 2.87. The smallest absolute Gasteiger partial charge is 0.242 e. The van der Waals surface area contributed by atoms with Crippen molar-refractivity contribution in [3.05, 3.63) is 24.3 Å². The van der Waals surface area contributed by atoms with Crippen LogP contribution in [-0.4, -0.2) is 32.9 Å². The van der Waals surface area contributed by atoms with Crippen molar-refractivity contribution in [3.63, 3.8) is 0 Å². The third kappa shape index (κ3) is 4.51. The molecule has 0 aromatic heterocycles. The highest BCUT2D eigenvalue weighted by molar-refractivity contribution is 7.89. The summed E-state index contributed by atoms with van der Waals surface area (Å²) >= 11 is 0. The molecule has 0 atom stereocenters. The fraction of sp³-hybridized carbons (Fsp3) is 0.571. The van der Waals surface area contributed by atoms with E-state index >= 15 is 0 Å². The molecular formula is C14H24N2O2S. The summed E-state index contributed by atoms with van der Waals surface area (Å²) in [6, 6.07) is 6.90. The Bertz CT molecular complexity index is 481. The van der Waals surface area contributed by atoms with Gasteiger partial charge in [0, 0.05) is 25.8 Å². The van der Waals surface area contributed by atoms with Gasteiger partial charge >= 0.3 is 0 Å². The van der Waals surface area contributed by atoms with Crippen LogP contribution in [0.2, 0.25) is 0 Å². The molecule has 0 aliphatic rings. The largest absolute Gasteiger partial charge is 0.385 e. The summed E-state index contributed by atoms with van der Waals surface area (Å²) in [4.78, 5) is 0.348. The molecule has 19 heavy (non-hydrogen) atoms. The summed E-state index contributed by atoms with van der Waals surface area (Å²) in [5.41, 5.74) is 0.936. The number of hydrogen-bond acceptors (Lipinski definition) is 3. The second-order valence-corrected chi connectivity index (χ2v) is 7.11. The Balaban J connectivity index is 2.81. The lowest BCUT2D eigenvalue weighted by Gasteiger charge is -2.18. The van der Waals surface area contributed by atoms with Crippen LogP contribution >= 0.6 is 0 Å². The molecule has 0 spiro atoms. The second kappa shape index (κ2) is 6.91. The highest BCUT2D eigenvalue weighted by atomic mass is 32.2. The van der Waals surface area contributed by atoms with E-state index in [0.29, 0.717) is 17.4 Å². The van der Waals surface area contributed by atoms with Gasteiger partial charge in [0.1, 0.15) is 0 Å². The Morgan fingerprint density at radius 2 is 1.79 bits per heavy atom. The van der Waals surface area contributed by atoms with Crippen molar-refractivity contribution in [3.8, 4) is 0 Å². The van der Waals surface area contributed by atoms with Crippen molar-refractivity contribution < 1.29 is 8.42 Å². The van der Waals surface area contributed by atoms with Gasteiger partial charge in [-0.05, 0) is 43.5 Å². The molecule has 5 heteroatoms. The van der Waals surface area contributed by atoms with Gasteiger partial charge in [0.15, 0.2) is 0 Å². The van der Waals surface area contributed by atoms with Crippen LogP contribution in [0.15, 0.2) is 29.2 Å². The van der Waals surface area contributed by atoms with E-state index in [1.54, 1.807) is 31.3 Å². The van der Waals surface area contributed by atoms with Crippen LogP contribution in [0.25, 0.3) is 0 Å². The summed E-state index contributed by atoms with van der Waals surface area (Å²) in [7, 11) is -1.73. The maximum atomic E-state index is 12.3. The first-order valence-corrected chi connectivity index (χ1v) is 8.12. The number of benzene rings is 1. The predicted molar refractivity (Wildman–Crippen MR) is 79.9 cm³/mol. The maximum absolute atomic E-state index is 12.3. The molecule has 0 radical (unpaired) electrons. The third-order valence-electron chi connectivity index (χ3n) is 2.96. The minimum Gasteiger partial charge on any atom is -0.385 e. The molecule has 0 unspecified atom stereocenters. The van der Waals surface area contributed by atoms with E-state index in [1.807, 2.05) is 6.92 Å². The minimum atomic E-state index is -3.36. The van der Waals surface area contributed by atoms with Gasteiger partial charge in [-0.15, -0.1) is 0 Å². The molecule has 1 rings (SSSR count). The van der Waals surface area contributed by atoms with Crippen molar-refractivity contribution >= 4 is 15.7 Å². The van der Waals surface area contributed by atoms with Crippen LogP contribution in [0, 0.1) is 5.92 Å². The molecule has 1 N–H and O–H groups in total. The molecule has 0 aliphatic heterocycles. The van der Waals surface area contributed by atoms with Crippen molar-refractivity contribution in [2.75, 3.05) is 25.5 Å². The molecule has 0 amide bonds. The molecular weight excluding hydrogens is 260 g/mol. The summed E-state index contributed by atoms with van der Waals surface area (Å²) in [6.07, 6.45) is 0.866. The second-order valence-electron chi connectivity index (χ2n) is 5.06. The number of sulfonamides is 1. The van der Waals surface area contributed by atoms with Gasteiger partial charge in [0.2, 0.25) is 10.0 Å². The highest BCUT2D eigenvalue weighted by Crippen LogP contribution is 2.18. The van der Waals surface area contributed by atoms with Crippen LogP contribution in [0.4, 0.5) is 5.69 Å². The van der Waals surface area contributed by atoms with Crippen LogP contribution in [-0.2, 0) is 10.0 Å². The SMILES string of the molecule is CCNc1ccc(S(=O)(=O)N(C)CCC(C)C)cc1. The summed E-state index contributed by atoms with van der Waals surface area (Å²) in [6.45, 7) is 7.55. The van der Waals surface area contributed by atoms with Gasteiger partial charge in [-0.2, -0.15) is 0 Å². The molecule has 0 aliphatic carbocycles. The zero-order valence-corrected chi connectivity index (χ0v) is 13.0. The number of rotatable bonds is 7. The number of anilines is 1. The lowest BCUT2D eigenvalue weighted by molar-refractivity contribution is 0.428. The highest BCUT2D eigenvalue weighted by Gasteiger charge is 2.20. The van der Waals surface area contributed by atoms with Crippen molar-refractivity contribution in [2.45, 2.75) is 32.1 Å². The van der Waals surface area contributed by atoms with Gasteiger partial charge < -0.3 is 5.32 Å². The Hall–Kier alpha value is -1.07. The molecule has 0 fully saturated rings. The number of nitrogens with one attached hydrogen (secondary N) is 1.